The molecule has 0 aliphatic carbocycles. The summed E-state index contributed by atoms with van der Waals surface area (Å²) in [4.78, 5) is 38.9. The van der Waals surface area contributed by atoms with E-state index in [1.807, 2.05) is 60.6 Å². The van der Waals surface area contributed by atoms with Crippen molar-refractivity contribution in [2.75, 3.05) is 30.9 Å². The Morgan fingerprint density at radius 3 is 2.44 bits per heavy atom. The van der Waals surface area contributed by atoms with Crippen LogP contribution in [-0.2, 0) is 13.0 Å². The highest BCUT2D eigenvalue weighted by atomic mass is 32.1. The van der Waals surface area contributed by atoms with Crippen molar-refractivity contribution < 1.29 is 14.7 Å². The molecule has 10 heteroatoms. The van der Waals surface area contributed by atoms with E-state index >= 15 is 0 Å². The zero-order chi connectivity index (χ0) is 30.9. The maximum absolute atomic E-state index is 13.5. The van der Waals surface area contributed by atoms with E-state index in [9.17, 15) is 14.7 Å². The second-order valence-corrected chi connectivity index (χ2v) is 12.0. The highest BCUT2D eigenvalue weighted by Crippen LogP contribution is 2.19. The first-order chi connectivity index (χ1) is 20.6. The molecule has 0 spiro atoms. The lowest BCUT2D eigenvalue weighted by Gasteiger charge is -2.29. The maximum atomic E-state index is 13.5. The van der Waals surface area contributed by atoms with Gasteiger partial charge in [-0.1, -0.05) is 36.4 Å². The zero-order valence-electron chi connectivity index (χ0n) is 25.3. The third-order valence-electron chi connectivity index (χ3n) is 6.92. The number of nitrogens with zero attached hydrogens (tertiary/aromatic N) is 4. The van der Waals surface area contributed by atoms with Gasteiger partial charge in [-0.25, -0.2) is 4.98 Å². The number of carbonyl (C=O) groups excluding carboxylic acids is 2. The second-order valence-electron chi connectivity index (χ2n) is 11.1. The van der Waals surface area contributed by atoms with Crippen molar-refractivity contribution in [3.63, 3.8) is 0 Å². The van der Waals surface area contributed by atoms with Gasteiger partial charge in [-0.15, -0.1) is 11.3 Å². The SMILES string of the molecule is Cc1csc(CN(C)C(=O)c2cccc(C(=O)N[C@@H](Cc3ccccc3)[C@H](O)CN(C)c3cncc(NC(C)C)c3)c2)n1. The molecule has 0 unspecified atom stereocenters. The fourth-order valence-electron chi connectivity index (χ4n) is 4.73. The number of hydrogen-bond acceptors (Lipinski definition) is 8. The van der Waals surface area contributed by atoms with E-state index in [1.54, 1.807) is 48.6 Å². The monoisotopic (exact) mass is 600 g/mol. The summed E-state index contributed by atoms with van der Waals surface area (Å²) < 4.78 is 0. The fourth-order valence-corrected chi connectivity index (χ4v) is 5.55. The molecule has 0 aliphatic rings. The predicted molar refractivity (Wildman–Crippen MR) is 173 cm³/mol. The van der Waals surface area contributed by atoms with Crippen LogP contribution in [-0.4, -0.2) is 70.6 Å². The molecule has 0 fully saturated rings. The van der Waals surface area contributed by atoms with E-state index in [0.717, 1.165) is 27.6 Å². The smallest absolute Gasteiger partial charge is 0.253 e. The summed E-state index contributed by atoms with van der Waals surface area (Å²) in [5, 5.41) is 20.6. The van der Waals surface area contributed by atoms with Crippen LogP contribution in [0.1, 0.15) is 50.8 Å². The molecular weight excluding hydrogens is 560 g/mol. The van der Waals surface area contributed by atoms with Gasteiger partial charge >= 0.3 is 0 Å². The minimum absolute atomic E-state index is 0.201. The Bertz CT molecular complexity index is 1510. The van der Waals surface area contributed by atoms with Gasteiger partial charge in [-0.3, -0.25) is 14.6 Å². The molecule has 226 valence electrons. The van der Waals surface area contributed by atoms with Crippen LogP contribution in [0.5, 0.6) is 0 Å². The van der Waals surface area contributed by atoms with E-state index in [4.69, 9.17) is 0 Å². The summed E-state index contributed by atoms with van der Waals surface area (Å²) in [6, 6.07) is 18.1. The molecule has 4 aromatic rings. The van der Waals surface area contributed by atoms with Gasteiger partial charge in [0.15, 0.2) is 0 Å². The first-order valence-corrected chi connectivity index (χ1v) is 15.2. The standard InChI is InChI=1S/C33H40N6O3S/c1-22(2)35-27-16-28(18-34-17-27)38(4)19-30(40)29(14-24-10-7-6-8-11-24)37-32(41)25-12-9-13-26(15-25)33(42)39(5)20-31-36-23(3)21-43-31/h6-13,15-18,21-22,29-30,35,40H,14,19-20H2,1-5H3,(H,37,41)/t29-,30+/m0/s1. The summed E-state index contributed by atoms with van der Waals surface area (Å²) in [6.45, 7) is 6.70. The summed E-state index contributed by atoms with van der Waals surface area (Å²) >= 11 is 1.51. The number of aromatic nitrogens is 2. The van der Waals surface area contributed by atoms with Crippen LogP contribution in [0, 0.1) is 6.92 Å². The van der Waals surface area contributed by atoms with E-state index in [1.165, 1.54) is 11.3 Å². The number of aliphatic hydroxyl groups excluding tert-OH is 1. The number of pyridine rings is 1. The van der Waals surface area contributed by atoms with Crippen LogP contribution in [0.15, 0.2) is 78.4 Å². The maximum Gasteiger partial charge on any atom is 0.253 e. The largest absolute Gasteiger partial charge is 0.389 e. The third kappa shape index (κ3) is 9.10. The Kier molecular flexibility index (Phi) is 10.9. The van der Waals surface area contributed by atoms with Gasteiger partial charge < -0.3 is 25.5 Å². The van der Waals surface area contributed by atoms with Crippen LogP contribution >= 0.6 is 11.3 Å². The third-order valence-corrected chi connectivity index (χ3v) is 7.87. The normalized spacial score (nSPS) is 12.4. The molecule has 2 amide bonds. The molecule has 2 aromatic carbocycles. The van der Waals surface area contributed by atoms with E-state index < -0.39 is 12.1 Å². The van der Waals surface area contributed by atoms with Crippen LogP contribution in [0.4, 0.5) is 11.4 Å². The van der Waals surface area contributed by atoms with Gasteiger partial charge in [0.05, 0.1) is 42.5 Å². The van der Waals surface area contributed by atoms with Crippen LogP contribution in [0.2, 0.25) is 0 Å². The quantitative estimate of drug-likeness (QED) is 0.203. The Morgan fingerprint density at radius 1 is 1.00 bits per heavy atom. The minimum atomic E-state index is -0.895. The van der Waals surface area contributed by atoms with Gasteiger partial charge in [0.1, 0.15) is 5.01 Å². The van der Waals surface area contributed by atoms with Crippen molar-refractivity contribution in [1.82, 2.24) is 20.2 Å². The lowest BCUT2D eigenvalue weighted by atomic mass is 9.99. The molecule has 0 bridgehead atoms. The molecule has 4 rings (SSSR count). The molecule has 0 radical (unpaired) electrons. The number of carbonyl (C=O) groups is 2. The molecular formula is C33H40N6O3S. The van der Waals surface area contributed by atoms with Gasteiger partial charge in [-0.2, -0.15) is 0 Å². The van der Waals surface area contributed by atoms with Crippen molar-refractivity contribution in [2.45, 2.75) is 51.9 Å². The van der Waals surface area contributed by atoms with Crippen molar-refractivity contribution in [1.29, 1.82) is 0 Å². The molecule has 0 aliphatic heterocycles. The van der Waals surface area contributed by atoms with Crippen LogP contribution < -0.4 is 15.5 Å². The lowest BCUT2D eigenvalue weighted by Crippen LogP contribution is -2.49. The summed E-state index contributed by atoms with van der Waals surface area (Å²) in [5.41, 5.74) is 4.40. The Hall–Kier alpha value is -4.28. The number of benzene rings is 2. The molecule has 0 saturated carbocycles. The number of thiazole rings is 1. The second kappa shape index (κ2) is 14.8. The first kappa shape index (κ1) is 31.7. The first-order valence-electron chi connectivity index (χ1n) is 14.3. The zero-order valence-corrected chi connectivity index (χ0v) is 26.1. The number of aryl methyl sites for hydroxylation is 1. The van der Waals surface area contributed by atoms with Gasteiger partial charge in [0.2, 0.25) is 0 Å². The van der Waals surface area contributed by atoms with Gasteiger partial charge in [-0.05, 0) is 57.0 Å². The summed E-state index contributed by atoms with van der Waals surface area (Å²) in [7, 11) is 3.61. The van der Waals surface area contributed by atoms with Crippen molar-refractivity contribution in [3.05, 3.63) is 106 Å². The molecule has 2 heterocycles. The average molecular weight is 601 g/mol. The van der Waals surface area contributed by atoms with Crippen molar-refractivity contribution in [2.24, 2.45) is 0 Å². The van der Waals surface area contributed by atoms with Crippen LogP contribution in [0.25, 0.3) is 0 Å². The molecule has 9 nitrogen and oxygen atoms in total. The van der Waals surface area contributed by atoms with E-state index in [-0.39, 0.29) is 24.4 Å². The number of hydrogen-bond donors (Lipinski definition) is 3. The molecule has 3 N–H and O–H groups in total. The molecule has 2 aromatic heterocycles. The summed E-state index contributed by atoms with van der Waals surface area (Å²) in [6.07, 6.45) is 3.05. The number of aliphatic hydroxyl groups is 1. The lowest BCUT2D eigenvalue weighted by molar-refractivity contribution is 0.0784. The topological polar surface area (TPSA) is 111 Å². The van der Waals surface area contributed by atoms with Crippen LogP contribution in [0.3, 0.4) is 0 Å². The van der Waals surface area contributed by atoms with E-state index in [2.05, 4.69) is 34.4 Å². The average Bonchev–Trinajstić information content (AvgIpc) is 3.40. The minimum Gasteiger partial charge on any atom is -0.389 e. The highest BCUT2D eigenvalue weighted by molar-refractivity contribution is 7.09. The molecule has 0 saturated heterocycles. The Morgan fingerprint density at radius 2 is 1.74 bits per heavy atom. The van der Waals surface area contributed by atoms with Gasteiger partial charge in [0.25, 0.3) is 11.8 Å². The predicted octanol–water partition coefficient (Wildman–Crippen LogP) is 4.78. The van der Waals surface area contributed by atoms with Crippen molar-refractivity contribution >= 4 is 34.5 Å². The number of amides is 2. The number of rotatable bonds is 13. The molecule has 43 heavy (non-hydrogen) atoms. The number of anilines is 2. The number of nitrogens with one attached hydrogen (secondary N) is 2. The number of likely N-dealkylation sites (N-methyl/N-ethyl adjacent to an activating group) is 1. The highest BCUT2D eigenvalue weighted by Gasteiger charge is 2.25. The fraction of sp³-hybridized carbons (Fsp3) is 0.333. The van der Waals surface area contributed by atoms with Crippen molar-refractivity contribution in [3.8, 4) is 0 Å². The molecule has 2 atom stereocenters. The summed E-state index contributed by atoms with van der Waals surface area (Å²) in [5.74, 6) is -0.562. The van der Waals surface area contributed by atoms with E-state index in [0.29, 0.717) is 24.1 Å². The Labute approximate surface area is 257 Å². The Balaban J connectivity index is 1.48. The van der Waals surface area contributed by atoms with Gasteiger partial charge in [0, 0.05) is 48.9 Å².